The number of imide groups is 1. The molecule has 2 amide bonds. The molecule has 2 aliphatic heterocycles. The van der Waals surface area contributed by atoms with Crippen molar-refractivity contribution in [3.8, 4) is 0 Å². The van der Waals surface area contributed by atoms with Crippen LogP contribution in [0.2, 0.25) is 10.0 Å². The summed E-state index contributed by atoms with van der Waals surface area (Å²) in [6.07, 6.45) is 0.821. The lowest BCUT2D eigenvalue weighted by Crippen LogP contribution is -2.37. The Kier molecular flexibility index (Phi) is 4.89. The van der Waals surface area contributed by atoms with Gasteiger partial charge in [-0.3, -0.25) is 9.59 Å². The number of rotatable bonds is 3. The number of amides is 2. The van der Waals surface area contributed by atoms with Crippen LogP contribution < -0.4 is 4.90 Å². The molecule has 3 heterocycles. The highest BCUT2D eigenvalue weighted by Crippen LogP contribution is 2.39. The van der Waals surface area contributed by atoms with Gasteiger partial charge >= 0.3 is 0 Å². The van der Waals surface area contributed by atoms with Gasteiger partial charge in [-0.1, -0.05) is 53.5 Å². The number of hydrogen-bond acceptors (Lipinski definition) is 4. The number of anilines is 1. The molecule has 0 aliphatic carbocycles. The van der Waals surface area contributed by atoms with E-state index in [1.54, 1.807) is 18.2 Å². The van der Waals surface area contributed by atoms with Crippen molar-refractivity contribution in [3.05, 3.63) is 91.7 Å². The van der Waals surface area contributed by atoms with Gasteiger partial charge in [-0.2, -0.15) is 0 Å². The fourth-order valence-electron chi connectivity index (χ4n) is 4.04. The van der Waals surface area contributed by atoms with Crippen LogP contribution in [-0.2, 0) is 22.6 Å². The van der Waals surface area contributed by atoms with Gasteiger partial charge in [-0.05, 0) is 47.2 Å². The summed E-state index contributed by atoms with van der Waals surface area (Å²) in [4.78, 5) is 31.0. The number of thiophene rings is 1. The third-order valence-corrected chi connectivity index (χ3v) is 6.70. The third-order valence-electron chi connectivity index (χ3n) is 5.38. The van der Waals surface area contributed by atoms with Crippen molar-refractivity contribution in [1.82, 2.24) is 4.90 Å². The number of carbonyl (C=O) groups excluding carboxylic acids is 2. The first-order valence-corrected chi connectivity index (χ1v) is 11.1. The quantitative estimate of drug-likeness (QED) is 0.497. The summed E-state index contributed by atoms with van der Waals surface area (Å²) in [7, 11) is 0. The molecule has 150 valence electrons. The van der Waals surface area contributed by atoms with Crippen LogP contribution in [0.4, 0.5) is 5.69 Å². The Morgan fingerprint density at radius 1 is 0.867 bits per heavy atom. The first-order chi connectivity index (χ1) is 14.5. The highest BCUT2D eigenvalue weighted by molar-refractivity contribution is 7.11. The molecular weight excluding hydrogens is 439 g/mol. The molecule has 0 unspecified atom stereocenters. The maximum absolute atomic E-state index is 13.6. The van der Waals surface area contributed by atoms with Crippen molar-refractivity contribution in [2.45, 2.75) is 13.0 Å². The predicted octanol–water partition coefficient (Wildman–Crippen LogP) is 5.40. The molecule has 0 N–H and O–H groups in total. The Bertz CT molecular complexity index is 1180. The molecule has 2 aromatic carbocycles. The van der Waals surface area contributed by atoms with Crippen molar-refractivity contribution in [2.24, 2.45) is 0 Å². The zero-order chi connectivity index (χ0) is 20.8. The van der Waals surface area contributed by atoms with Gasteiger partial charge in [0.15, 0.2) is 0 Å². The highest BCUT2D eigenvalue weighted by atomic mass is 35.5. The molecule has 3 aromatic rings. The molecule has 7 heteroatoms. The Balaban J connectivity index is 1.61. The Labute approximate surface area is 187 Å². The average Bonchev–Trinajstić information content (AvgIpc) is 3.33. The van der Waals surface area contributed by atoms with E-state index in [1.165, 1.54) is 27.4 Å². The summed E-state index contributed by atoms with van der Waals surface area (Å²) in [5, 5.41) is 2.65. The van der Waals surface area contributed by atoms with Crippen LogP contribution in [0.1, 0.15) is 16.0 Å². The van der Waals surface area contributed by atoms with Crippen LogP contribution in [0.15, 0.2) is 65.7 Å². The molecule has 0 spiro atoms. The number of hydrogen-bond donors (Lipinski definition) is 0. The summed E-state index contributed by atoms with van der Waals surface area (Å²) in [5.41, 5.74) is 3.70. The molecular formula is C23H16Cl2N2O2S. The number of carbonyl (C=O) groups is 2. The SMILES string of the molecule is O=C1C(c2cccs2)=C(N2CCc3ccccc3C2)C(=O)N1c1cc(Cl)cc(Cl)c1. The molecule has 0 saturated carbocycles. The molecule has 0 atom stereocenters. The Morgan fingerprint density at radius 2 is 1.60 bits per heavy atom. The molecule has 30 heavy (non-hydrogen) atoms. The van der Waals surface area contributed by atoms with Gasteiger partial charge in [0, 0.05) is 28.0 Å². The van der Waals surface area contributed by atoms with E-state index in [2.05, 4.69) is 12.1 Å². The topological polar surface area (TPSA) is 40.6 Å². The molecule has 0 fully saturated rings. The minimum absolute atomic E-state index is 0.346. The van der Waals surface area contributed by atoms with Gasteiger partial charge in [0.05, 0.1) is 11.3 Å². The molecule has 0 saturated heterocycles. The second kappa shape index (κ2) is 7.58. The van der Waals surface area contributed by atoms with E-state index in [-0.39, 0.29) is 11.8 Å². The largest absolute Gasteiger partial charge is 0.362 e. The molecule has 0 bridgehead atoms. The van der Waals surface area contributed by atoms with E-state index >= 15 is 0 Å². The van der Waals surface area contributed by atoms with E-state index < -0.39 is 0 Å². The van der Waals surface area contributed by atoms with Gasteiger partial charge < -0.3 is 4.90 Å². The van der Waals surface area contributed by atoms with E-state index in [0.29, 0.717) is 40.1 Å². The fraction of sp³-hybridized carbons (Fsp3) is 0.130. The van der Waals surface area contributed by atoms with Crippen molar-refractivity contribution in [2.75, 3.05) is 11.4 Å². The van der Waals surface area contributed by atoms with Crippen molar-refractivity contribution in [1.29, 1.82) is 0 Å². The van der Waals surface area contributed by atoms with Gasteiger partial charge in [-0.25, -0.2) is 4.90 Å². The Hall–Kier alpha value is -2.60. The van der Waals surface area contributed by atoms with Crippen molar-refractivity contribution >= 4 is 57.6 Å². The lowest BCUT2D eigenvalue weighted by Gasteiger charge is -2.31. The summed E-state index contributed by atoms with van der Waals surface area (Å²) in [6.45, 7) is 1.26. The monoisotopic (exact) mass is 454 g/mol. The predicted molar refractivity (Wildman–Crippen MR) is 121 cm³/mol. The van der Waals surface area contributed by atoms with E-state index in [4.69, 9.17) is 23.2 Å². The molecule has 4 nitrogen and oxygen atoms in total. The number of benzene rings is 2. The second-order valence-corrected chi connectivity index (χ2v) is 9.04. The first-order valence-electron chi connectivity index (χ1n) is 9.47. The molecule has 5 rings (SSSR count). The normalized spacial score (nSPS) is 16.5. The van der Waals surface area contributed by atoms with Gasteiger partial charge in [0.2, 0.25) is 0 Å². The van der Waals surface area contributed by atoms with Crippen LogP contribution in [0.25, 0.3) is 5.57 Å². The maximum Gasteiger partial charge on any atom is 0.282 e. The zero-order valence-electron chi connectivity index (χ0n) is 15.8. The summed E-state index contributed by atoms with van der Waals surface area (Å²) in [6, 6.07) is 16.7. The highest BCUT2D eigenvalue weighted by Gasteiger charge is 2.43. The van der Waals surface area contributed by atoms with E-state index in [0.717, 1.165) is 11.3 Å². The Morgan fingerprint density at radius 3 is 2.30 bits per heavy atom. The zero-order valence-corrected chi connectivity index (χ0v) is 18.1. The van der Waals surface area contributed by atoms with Gasteiger partial charge in [-0.15, -0.1) is 11.3 Å². The van der Waals surface area contributed by atoms with E-state index in [9.17, 15) is 9.59 Å². The summed E-state index contributed by atoms with van der Waals surface area (Å²) in [5.74, 6) is -0.698. The lowest BCUT2D eigenvalue weighted by molar-refractivity contribution is -0.120. The second-order valence-electron chi connectivity index (χ2n) is 7.21. The third kappa shape index (κ3) is 3.23. The van der Waals surface area contributed by atoms with Crippen LogP contribution >= 0.6 is 34.5 Å². The first kappa shape index (κ1) is 19.4. The number of nitrogens with zero attached hydrogens (tertiary/aromatic N) is 2. The minimum atomic E-state index is -0.352. The van der Waals surface area contributed by atoms with E-state index in [1.807, 2.05) is 34.5 Å². The van der Waals surface area contributed by atoms with Gasteiger partial charge in [0.1, 0.15) is 5.70 Å². The van der Waals surface area contributed by atoms with Crippen molar-refractivity contribution in [3.63, 3.8) is 0 Å². The minimum Gasteiger partial charge on any atom is -0.362 e. The fourth-order valence-corrected chi connectivity index (χ4v) is 5.32. The molecule has 2 aliphatic rings. The van der Waals surface area contributed by atoms with Gasteiger partial charge in [0.25, 0.3) is 11.8 Å². The molecule has 0 radical (unpaired) electrons. The molecule has 1 aromatic heterocycles. The van der Waals surface area contributed by atoms with Crippen LogP contribution in [-0.4, -0.2) is 23.3 Å². The van der Waals surface area contributed by atoms with Crippen LogP contribution in [0.3, 0.4) is 0 Å². The number of halogens is 2. The summed E-state index contributed by atoms with van der Waals surface area (Å²) >= 11 is 13.7. The number of fused-ring (bicyclic) bond motifs is 1. The maximum atomic E-state index is 13.6. The summed E-state index contributed by atoms with van der Waals surface area (Å²) < 4.78 is 0. The van der Waals surface area contributed by atoms with Crippen molar-refractivity contribution < 1.29 is 9.59 Å². The van der Waals surface area contributed by atoms with Crippen LogP contribution in [0.5, 0.6) is 0 Å². The lowest BCUT2D eigenvalue weighted by atomic mass is 9.99. The standard InChI is InChI=1S/C23H16Cl2N2O2S/c24-16-10-17(25)12-18(11-16)27-22(28)20(19-6-3-9-30-19)21(23(27)29)26-8-7-14-4-1-2-5-15(14)13-26/h1-6,9-12H,7-8,13H2. The smallest absolute Gasteiger partial charge is 0.282 e. The van der Waals surface area contributed by atoms with Crippen LogP contribution in [0, 0.1) is 0 Å². The average molecular weight is 455 g/mol.